The largest absolute Gasteiger partial charge is 0.497 e. The predicted molar refractivity (Wildman–Crippen MR) is 140 cm³/mol. The number of hydrogen-bond donors (Lipinski definition) is 2. The van der Waals surface area contributed by atoms with Gasteiger partial charge in [-0.2, -0.15) is 0 Å². The fourth-order valence-corrected chi connectivity index (χ4v) is 6.82. The molecule has 8 nitrogen and oxygen atoms in total. The Morgan fingerprint density at radius 1 is 1.19 bits per heavy atom. The molecule has 9 unspecified atom stereocenters. The maximum absolute atomic E-state index is 14.0. The van der Waals surface area contributed by atoms with Gasteiger partial charge < -0.3 is 25.0 Å². The molecule has 1 aliphatic carbocycles. The van der Waals surface area contributed by atoms with Crippen molar-refractivity contribution in [2.75, 3.05) is 12.4 Å². The summed E-state index contributed by atoms with van der Waals surface area (Å²) in [6, 6.07) is 6.18. The van der Waals surface area contributed by atoms with E-state index in [0.717, 1.165) is 12.8 Å². The van der Waals surface area contributed by atoms with Gasteiger partial charge in [-0.25, -0.2) is 0 Å². The molecule has 1 aromatic rings. The molecule has 5 rings (SSSR count). The lowest BCUT2D eigenvalue weighted by Gasteiger charge is -2.39. The molecule has 0 radical (unpaired) electrons. The van der Waals surface area contributed by atoms with Crippen LogP contribution in [0.3, 0.4) is 0 Å². The third-order valence-corrected chi connectivity index (χ3v) is 9.32. The molecule has 2 saturated heterocycles. The zero-order valence-corrected chi connectivity index (χ0v) is 22.4. The van der Waals surface area contributed by atoms with Crippen LogP contribution in [-0.4, -0.2) is 59.6 Å². The molecule has 200 valence electrons. The van der Waals surface area contributed by atoms with Gasteiger partial charge in [0, 0.05) is 17.8 Å². The van der Waals surface area contributed by atoms with E-state index in [0.29, 0.717) is 29.7 Å². The molecule has 2 bridgehead atoms. The maximum atomic E-state index is 14.0. The quantitative estimate of drug-likeness (QED) is 0.548. The number of ether oxygens (including phenoxy) is 2. The van der Waals surface area contributed by atoms with Gasteiger partial charge in [0.25, 0.3) is 0 Å². The summed E-state index contributed by atoms with van der Waals surface area (Å²) in [6.07, 6.45) is 7.06. The average molecular weight is 510 g/mol. The van der Waals surface area contributed by atoms with E-state index in [1.54, 1.807) is 36.3 Å². The zero-order chi connectivity index (χ0) is 26.5. The number of methoxy groups -OCH3 is 1. The van der Waals surface area contributed by atoms with Crippen molar-refractivity contribution in [3.63, 3.8) is 0 Å². The molecule has 37 heavy (non-hydrogen) atoms. The monoisotopic (exact) mass is 509 g/mol. The second-order valence-corrected chi connectivity index (χ2v) is 11.3. The highest BCUT2D eigenvalue weighted by molar-refractivity contribution is 6.03. The first-order valence-electron chi connectivity index (χ1n) is 13.7. The third-order valence-electron chi connectivity index (χ3n) is 9.32. The van der Waals surface area contributed by atoms with Crippen molar-refractivity contribution >= 4 is 23.4 Å². The minimum atomic E-state index is -1.14. The number of carbonyl (C=O) groups excluding carboxylic acids is 3. The zero-order valence-electron chi connectivity index (χ0n) is 22.4. The summed E-state index contributed by atoms with van der Waals surface area (Å²) in [5, 5.41) is 6.24. The number of benzene rings is 1. The van der Waals surface area contributed by atoms with Gasteiger partial charge in [-0.3, -0.25) is 14.4 Å². The van der Waals surface area contributed by atoms with Crippen LogP contribution < -0.4 is 15.4 Å². The number of nitrogens with zero attached hydrogens (tertiary/aromatic N) is 1. The molecule has 9 atom stereocenters. The van der Waals surface area contributed by atoms with Crippen LogP contribution in [0.2, 0.25) is 0 Å². The molecule has 8 heteroatoms. The van der Waals surface area contributed by atoms with Crippen LogP contribution in [0.25, 0.3) is 0 Å². The summed E-state index contributed by atoms with van der Waals surface area (Å²) in [6.45, 7) is 8.40. The van der Waals surface area contributed by atoms with E-state index in [1.165, 1.54) is 6.42 Å². The number of likely N-dealkylation sites (tertiary alicyclic amines) is 1. The highest BCUT2D eigenvalue weighted by Gasteiger charge is 2.73. The first-order valence-corrected chi connectivity index (χ1v) is 13.7. The summed E-state index contributed by atoms with van der Waals surface area (Å²) in [4.78, 5) is 43.2. The van der Waals surface area contributed by atoms with Crippen LogP contribution in [0.4, 0.5) is 5.69 Å². The van der Waals surface area contributed by atoms with Crippen LogP contribution in [0.1, 0.15) is 53.4 Å². The summed E-state index contributed by atoms with van der Waals surface area (Å²) >= 11 is 0. The molecule has 2 N–H and O–H groups in total. The van der Waals surface area contributed by atoms with Crippen LogP contribution in [-0.2, 0) is 19.1 Å². The van der Waals surface area contributed by atoms with Gasteiger partial charge in [0.05, 0.1) is 25.0 Å². The minimum Gasteiger partial charge on any atom is -0.497 e. The number of hydrogen-bond acceptors (Lipinski definition) is 5. The fraction of sp³-hybridized carbons (Fsp3) is 0.621. The maximum Gasteiger partial charge on any atom is 0.246 e. The van der Waals surface area contributed by atoms with E-state index in [1.807, 2.05) is 26.0 Å². The van der Waals surface area contributed by atoms with Crippen LogP contribution in [0.5, 0.6) is 5.75 Å². The molecular formula is C29H39N3O5. The highest BCUT2D eigenvalue weighted by atomic mass is 16.5. The Kier molecular flexibility index (Phi) is 6.81. The van der Waals surface area contributed by atoms with Gasteiger partial charge in [-0.15, -0.1) is 0 Å². The van der Waals surface area contributed by atoms with Crippen LogP contribution in [0.15, 0.2) is 36.4 Å². The van der Waals surface area contributed by atoms with Crippen molar-refractivity contribution < 1.29 is 23.9 Å². The van der Waals surface area contributed by atoms with Crippen molar-refractivity contribution in [3.05, 3.63) is 36.4 Å². The smallest absolute Gasteiger partial charge is 0.246 e. The Balaban J connectivity index is 1.43. The molecule has 4 aliphatic rings. The topological polar surface area (TPSA) is 97.0 Å². The molecule has 1 spiro atoms. The van der Waals surface area contributed by atoms with Crippen molar-refractivity contribution in [3.8, 4) is 5.75 Å². The van der Waals surface area contributed by atoms with Gasteiger partial charge in [0.1, 0.15) is 17.4 Å². The number of nitrogens with one attached hydrogen (secondary N) is 2. The lowest BCUT2D eigenvalue weighted by atomic mass is 9.73. The Morgan fingerprint density at radius 2 is 1.92 bits per heavy atom. The van der Waals surface area contributed by atoms with Gasteiger partial charge in [0.15, 0.2) is 0 Å². The van der Waals surface area contributed by atoms with E-state index in [4.69, 9.17) is 9.47 Å². The normalized spacial score (nSPS) is 36.8. The van der Waals surface area contributed by atoms with E-state index in [-0.39, 0.29) is 29.8 Å². The summed E-state index contributed by atoms with van der Waals surface area (Å²) in [5.74, 6) is -0.506. The lowest BCUT2D eigenvalue weighted by molar-refractivity contribution is -0.144. The molecule has 3 fully saturated rings. The van der Waals surface area contributed by atoms with Gasteiger partial charge in [-0.05, 0) is 55.9 Å². The number of fused-ring (bicyclic) bond motifs is 1. The number of anilines is 1. The Bertz CT molecular complexity index is 1090. The van der Waals surface area contributed by atoms with Crippen molar-refractivity contribution in [1.29, 1.82) is 0 Å². The molecular weight excluding hydrogens is 470 g/mol. The average Bonchev–Trinajstić information content (AvgIpc) is 3.54. The lowest BCUT2D eigenvalue weighted by Crippen LogP contribution is -2.59. The standard InChI is InChI=1S/C29H39N3O5/c1-6-17(3)32-25(27(34)31-21-9-7-8-16(2)18(21)4)29-15-14-22(37-29)23(24(29)28(32)35)26(33)30-19-10-12-20(36-5)13-11-19/h10-18,21-25H,6-9H2,1-5H3,(H,30,33)(H,31,34). The molecule has 3 heterocycles. The number of carbonyl (C=O) groups is 3. The Labute approximate surface area is 219 Å². The molecule has 3 amide bonds. The second-order valence-electron chi connectivity index (χ2n) is 11.3. The van der Waals surface area contributed by atoms with E-state index in [2.05, 4.69) is 24.5 Å². The molecule has 1 aromatic carbocycles. The molecule has 0 aromatic heterocycles. The molecule has 1 saturated carbocycles. The first kappa shape index (κ1) is 25.8. The fourth-order valence-electron chi connectivity index (χ4n) is 6.82. The highest BCUT2D eigenvalue weighted by Crippen LogP contribution is 2.56. The summed E-state index contributed by atoms with van der Waals surface area (Å²) in [7, 11) is 1.59. The number of rotatable bonds is 7. The van der Waals surface area contributed by atoms with E-state index in [9.17, 15) is 14.4 Å². The van der Waals surface area contributed by atoms with Gasteiger partial charge >= 0.3 is 0 Å². The van der Waals surface area contributed by atoms with Gasteiger partial charge in [0.2, 0.25) is 17.7 Å². The van der Waals surface area contributed by atoms with E-state index < -0.39 is 29.6 Å². The predicted octanol–water partition coefficient (Wildman–Crippen LogP) is 3.52. The third kappa shape index (κ3) is 4.13. The van der Waals surface area contributed by atoms with Crippen molar-refractivity contribution in [2.45, 2.75) is 83.2 Å². The first-order chi connectivity index (χ1) is 17.7. The second kappa shape index (κ2) is 9.78. The van der Waals surface area contributed by atoms with Crippen LogP contribution >= 0.6 is 0 Å². The van der Waals surface area contributed by atoms with Gasteiger partial charge in [-0.1, -0.05) is 45.8 Å². The SMILES string of the molecule is CCC(C)N1C(=O)C2C(C(=O)Nc3ccc(OC)cc3)C3C=CC2(O3)C1C(=O)NC1CCCC(C)C1C. The number of amides is 3. The Morgan fingerprint density at radius 3 is 2.59 bits per heavy atom. The van der Waals surface area contributed by atoms with Crippen LogP contribution in [0, 0.1) is 23.7 Å². The minimum absolute atomic E-state index is 0.0670. The Hall–Kier alpha value is -2.87. The van der Waals surface area contributed by atoms with Crippen molar-refractivity contribution in [1.82, 2.24) is 10.2 Å². The summed E-state index contributed by atoms with van der Waals surface area (Å²) in [5.41, 5.74) is -0.522. The molecule has 3 aliphatic heterocycles. The van der Waals surface area contributed by atoms with E-state index >= 15 is 0 Å². The summed E-state index contributed by atoms with van der Waals surface area (Å²) < 4.78 is 11.6. The van der Waals surface area contributed by atoms with Crippen molar-refractivity contribution in [2.24, 2.45) is 23.7 Å².